The van der Waals surface area contributed by atoms with Crippen molar-refractivity contribution in [2.24, 2.45) is 11.7 Å². The Bertz CT molecular complexity index is 376. The number of amides is 1. The van der Waals surface area contributed by atoms with Crippen LogP contribution in [0.4, 0.5) is 5.69 Å². The van der Waals surface area contributed by atoms with Gasteiger partial charge in [-0.1, -0.05) is 12.2 Å². The van der Waals surface area contributed by atoms with Gasteiger partial charge in [0.2, 0.25) is 5.91 Å². The highest BCUT2D eigenvalue weighted by Gasteiger charge is 2.22. The topological polar surface area (TPSA) is 80.9 Å². The van der Waals surface area contributed by atoms with Crippen LogP contribution >= 0.6 is 0 Å². The van der Waals surface area contributed by atoms with Gasteiger partial charge in [0, 0.05) is 6.04 Å². The number of nitrogens with one attached hydrogen (secondary N) is 1. The van der Waals surface area contributed by atoms with Crippen molar-refractivity contribution < 1.29 is 4.79 Å². The standard InChI is InChI=1S/C10H12N4O/c11-8-2-1-7(3-8)10(15)14-9-4-12-6-13-5-9/h1-2,4-8H,3,11H2,(H,14,15). The van der Waals surface area contributed by atoms with E-state index in [0.717, 1.165) is 0 Å². The number of nitrogens with zero attached hydrogens (tertiary/aromatic N) is 2. The van der Waals surface area contributed by atoms with Crippen LogP contribution in [0.1, 0.15) is 6.42 Å². The van der Waals surface area contributed by atoms with E-state index in [1.54, 1.807) is 12.4 Å². The minimum Gasteiger partial charge on any atom is -0.324 e. The van der Waals surface area contributed by atoms with E-state index in [0.29, 0.717) is 12.1 Å². The van der Waals surface area contributed by atoms with Crippen molar-refractivity contribution in [2.45, 2.75) is 12.5 Å². The molecular weight excluding hydrogens is 192 g/mol. The van der Waals surface area contributed by atoms with Crippen LogP contribution in [0.15, 0.2) is 30.9 Å². The number of hydrogen-bond donors (Lipinski definition) is 2. The average molecular weight is 204 g/mol. The Morgan fingerprint density at radius 1 is 1.40 bits per heavy atom. The fourth-order valence-electron chi connectivity index (χ4n) is 1.52. The van der Waals surface area contributed by atoms with E-state index < -0.39 is 0 Å². The van der Waals surface area contributed by atoms with Crippen molar-refractivity contribution in [2.75, 3.05) is 5.32 Å². The van der Waals surface area contributed by atoms with Gasteiger partial charge in [-0.15, -0.1) is 0 Å². The summed E-state index contributed by atoms with van der Waals surface area (Å²) in [6.45, 7) is 0. The summed E-state index contributed by atoms with van der Waals surface area (Å²) in [6, 6.07) is -0.00669. The van der Waals surface area contributed by atoms with E-state index in [4.69, 9.17) is 5.73 Å². The Morgan fingerprint density at radius 3 is 2.73 bits per heavy atom. The number of anilines is 1. The van der Waals surface area contributed by atoms with Crippen LogP contribution in [0.2, 0.25) is 0 Å². The molecule has 3 N–H and O–H groups in total. The van der Waals surface area contributed by atoms with E-state index >= 15 is 0 Å². The number of carbonyl (C=O) groups excluding carboxylic acids is 1. The molecule has 78 valence electrons. The molecule has 15 heavy (non-hydrogen) atoms. The second kappa shape index (κ2) is 4.18. The Labute approximate surface area is 87.4 Å². The van der Waals surface area contributed by atoms with Crippen LogP contribution in [-0.4, -0.2) is 21.9 Å². The lowest BCUT2D eigenvalue weighted by atomic mass is 10.1. The summed E-state index contributed by atoms with van der Waals surface area (Å²) in [5.41, 5.74) is 6.27. The lowest BCUT2D eigenvalue weighted by Crippen LogP contribution is -2.24. The van der Waals surface area contributed by atoms with Crippen molar-refractivity contribution in [3.63, 3.8) is 0 Å². The summed E-state index contributed by atoms with van der Waals surface area (Å²) >= 11 is 0. The van der Waals surface area contributed by atoms with Gasteiger partial charge in [0.25, 0.3) is 0 Å². The molecule has 1 aliphatic carbocycles. The molecule has 1 aliphatic rings. The maximum atomic E-state index is 11.7. The molecule has 1 aromatic heterocycles. The highest BCUT2D eigenvalue weighted by molar-refractivity contribution is 5.93. The van der Waals surface area contributed by atoms with Crippen LogP contribution in [0.3, 0.4) is 0 Å². The Morgan fingerprint density at radius 2 is 2.13 bits per heavy atom. The minimum atomic E-state index is -0.139. The normalized spacial score (nSPS) is 24.1. The molecule has 1 amide bonds. The Balaban J connectivity index is 1.96. The third-order valence-corrected chi connectivity index (χ3v) is 2.28. The molecule has 0 saturated heterocycles. The maximum Gasteiger partial charge on any atom is 0.231 e. The smallest absolute Gasteiger partial charge is 0.231 e. The van der Waals surface area contributed by atoms with Crippen molar-refractivity contribution in [1.29, 1.82) is 0 Å². The minimum absolute atomic E-state index is 0.00669. The van der Waals surface area contributed by atoms with Crippen LogP contribution in [-0.2, 0) is 4.79 Å². The highest BCUT2D eigenvalue weighted by atomic mass is 16.1. The van der Waals surface area contributed by atoms with E-state index in [-0.39, 0.29) is 17.9 Å². The van der Waals surface area contributed by atoms with Crippen molar-refractivity contribution >= 4 is 11.6 Å². The number of carbonyl (C=O) groups is 1. The van der Waals surface area contributed by atoms with Gasteiger partial charge in [0.15, 0.2) is 0 Å². The monoisotopic (exact) mass is 204 g/mol. The van der Waals surface area contributed by atoms with Crippen LogP contribution in [0.25, 0.3) is 0 Å². The SMILES string of the molecule is NC1C=CC(C(=O)Nc2cncnc2)C1. The highest BCUT2D eigenvalue weighted by Crippen LogP contribution is 2.18. The molecule has 2 rings (SSSR count). The molecule has 0 aromatic carbocycles. The predicted molar refractivity (Wildman–Crippen MR) is 55.9 cm³/mol. The van der Waals surface area contributed by atoms with Crippen molar-refractivity contribution in [1.82, 2.24) is 9.97 Å². The molecule has 0 spiro atoms. The molecular formula is C10H12N4O. The first-order chi connectivity index (χ1) is 7.25. The van der Waals surface area contributed by atoms with E-state index in [1.807, 2.05) is 12.2 Å². The summed E-state index contributed by atoms with van der Waals surface area (Å²) in [7, 11) is 0. The fraction of sp³-hybridized carbons (Fsp3) is 0.300. The first kappa shape index (κ1) is 9.79. The molecule has 1 heterocycles. The fourth-order valence-corrected chi connectivity index (χ4v) is 1.52. The number of rotatable bonds is 2. The molecule has 0 fully saturated rings. The van der Waals surface area contributed by atoms with Crippen molar-refractivity contribution in [3.8, 4) is 0 Å². The third-order valence-electron chi connectivity index (χ3n) is 2.28. The van der Waals surface area contributed by atoms with E-state index in [9.17, 15) is 4.79 Å². The molecule has 0 saturated carbocycles. The molecule has 0 aliphatic heterocycles. The van der Waals surface area contributed by atoms with Gasteiger partial charge >= 0.3 is 0 Å². The predicted octanol–water partition coefficient (Wildman–Crippen LogP) is 0.318. The van der Waals surface area contributed by atoms with Gasteiger partial charge in [-0.05, 0) is 6.42 Å². The quantitative estimate of drug-likeness (QED) is 0.680. The molecule has 1 aromatic rings. The molecule has 2 atom stereocenters. The molecule has 0 bridgehead atoms. The largest absolute Gasteiger partial charge is 0.324 e. The van der Waals surface area contributed by atoms with Gasteiger partial charge in [-0.25, -0.2) is 9.97 Å². The zero-order chi connectivity index (χ0) is 10.7. The lowest BCUT2D eigenvalue weighted by molar-refractivity contribution is -0.118. The maximum absolute atomic E-state index is 11.7. The number of aromatic nitrogens is 2. The Kier molecular flexibility index (Phi) is 2.73. The van der Waals surface area contributed by atoms with Crippen LogP contribution in [0.5, 0.6) is 0 Å². The summed E-state index contributed by atoms with van der Waals surface area (Å²) in [5.74, 6) is -0.200. The molecule has 0 radical (unpaired) electrons. The summed E-state index contributed by atoms with van der Waals surface area (Å²) in [5, 5.41) is 2.73. The average Bonchev–Trinajstić information content (AvgIpc) is 2.66. The first-order valence-corrected chi connectivity index (χ1v) is 4.75. The summed E-state index contributed by atoms with van der Waals surface area (Å²) < 4.78 is 0. The third kappa shape index (κ3) is 2.38. The van der Waals surface area contributed by atoms with E-state index in [1.165, 1.54) is 6.33 Å². The van der Waals surface area contributed by atoms with Gasteiger partial charge in [-0.3, -0.25) is 4.79 Å². The molecule has 5 heteroatoms. The zero-order valence-electron chi connectivity index (χ0n) is 8.13. The zero-order valence-corrected chi connectivity index (χ0v) is 8.13. The van der Waals surface area contributed by atoms with Gasteiger partial charge < -0.3 is 11.1 Å². The van der Waals surface area contributed by atoms with Gasteiger partial charge in [0.05, 0.1) is 24.0 Å². The number of nitrogens with two attached hydrogens (primary N) is 1. The second-order valence-electron chi connectivity index (χ2n) is 3.51. The van der Waals surface area contributed by atoms with Crippen LogP contribution < -0.4 is 11.1 Å². The Hall–Kier alpha value is -1.75. The van der Waals surface area contributed by atoms with E-state index in [2.05, 4.69) is 15.3 Å². The molecule has 2 unspecified atom stereocenters. The summed E-state index contributed by atoms with van der Waals surface area (Å²) in [4.78, 5) is 19.3. The molecule has 5 nitrogen and oxygen atoms in total. The van der Waals surface area contributed by atoms with Gasteiger partial charge in [-0.2, -0.15) is 0 Å². The van der Waals surface area contributed by atoms with Crippen molar-refractivity contribution in [3.05, 3.63) is 30.9 Å². The second-order valence-corrected chi connectivity index (χ2v) is 3.51. The summed E-state index contributed by atoms with van der Waals surface area (Å²) in [6.07, 6.45) is 8.89. The van der Waals surface area contributed by atoms with Gasteiger partial charge in [0.1, 0.15) is 6.33 Å². The lowest BCUT2D eigenvalue weighted by Gasteiger charge is -2.09. The number of hydrogen-bond acceptors (Lipinski definition) is 4. The first-order valence-electron chi connectivity index (χ1n) is 4.75. The van der Waals surface area contributed by atoms with Crippen LogP contribution in [0, 0.1) is 5.92 Å².